The Morgan fingerprint density at radius 2 is 2.12 bits per heavy atom. The first kappa shape index (κ1) is 15.2. The molecule has 0 spiro atoms. The second-order valence-corrected chi connectivity index (χ2v) is 6.97. The van der Waals surface area contributed by atoms with Gasteiger partial charge in [0.1, 0.15) is 0 Å². The van der Waals surface area contributed by atoms with Crippen molar-refractivity contribution in [1.82, 2.24) is 4.98 Å². The summed E-state index contributed by atoms with van der Waals surface area (Å²) in [5.74, 6) is 1.25. The van der Waals surface area contributed by atoms with Crippen LogP contribution in [0, 0.1) is 6.92 Å². The summed E-state index contributed by atoms with van der Waals surface area (Å²) in [7, 11) is 0. The molecule has 1 aromatic heterocycles. The fourth-order valence-electron chi connectivity index (χ4n) is 2.61. The molecule has 1 aliphatic heterocycles. The normalized spacial score (nSPS) is 12.6. The first-order chi connectivity index (χ1) is 11.6. The van der Waals surface area contributed by atoms with Gasteiger partial charge in [0.25, 0.3) is 0 Å². The molecule has 1 amide bonds. The Balaban J connectivity index is 1.51. The zero-order chi connectivity index (χ0) is 16.7. The van der Waals surface area contributed by atoms with Crippen LogP contribution in [0.4, 0.5) is 5.13 Å². The molecule has 2 heterocycles. The molecule has 4 rings (SSSR count). The van der Waals surface area contributed by atoms with Gasteiger partial charge in [-0.15, -0.1) is 0 Å². The van der Waals surface area contributed by atoms with E-state index in [4.69, 9.17) is 21.1 Å². The van der Waals surface area contributed by atoms with Crippen LogP contribution in [0.15, 0.2) is 30.3 Å². The van der Waals surface area contributed by atoms with Crippen LogP contribution in [0.3, 0.4) is 0 Å². The number of aryl methyl sites for hydroxylation is 1. The number of hydrogen-bond donors (Lipinski definition) is 1. The summed E-state index contributed by atoms with van der Waals surface area (Å²) in [6, 6.07) is 9.21. The zero-order valence-electron chi connectivity index (χ0n) is 12.8. The number of ether oxygens (including phenoxy) is 2. The van der Waals surface area contributed by atoms with Crippen LogP contribution in [0.5, 0.6) is 11.5 Å². The Morgan fingerprint density at radius 1 is 1.29 bits per heavy atom. The van der Waals surface area contributed by atoms with Crippen molar-refractivity contribution in [3.05, 3.63) is 46.5 Å². The number of nitrogens with one attached hydrogen (secondary N) is 1. The number of nitrogens with zero attached hydrogens (tertiary/aromatic N) is 1. The monoisotopic (exact) mass is 360 g/mol. The molecule has 0 unspecified atom stereocenters. The molecular weight excluding hydrogens is 348 g/mol. The van der Waals surface area contributed by atoms with Crippen molar-refractivity contribution in [3.8, 4) is 11.5 Å². The molecule has 0 saturated heterocycles. The first-order valence-electron chi connectivity index (χ1n) is 7.33. The van der Waals surface area contributed by atoms with E-state index in [0.29, 0.717) is 21.7 Å². The third-order valence-electron chi connectivity index (χ3n) is 3.70. The third-order valence-corrected chi connectivity index (χ3v) is 4.83. The van der Waals surface area contributed by atoms with Gasteiger partial charge in [0.2, 0.25) is 12.7 Å². The molecule has 0 aliphatic carbocycles. The summed E-state index contributed by atoms with van der Waals surface area (Å²) in [5.41, 5.74) is 2.71. The fraction of sp³-hybridized carbons (Fsp3) is 0.176. The Labute approximate surface area is 147 Å². The summed E-state index contributed by atoms with van der Waals surface area (Å²) in [5, 5.41) is 4.09. The van der Waals surface area contributed by atoms with Crippen LogP contribution in [0.1, 0.15) is 11.1 Å². The quantitative estimate of drug-likeness (QED) is 0.761. The Hall–Kier alpha value is -2.31. The number of thiazole rings is 1. The van der Waals surface area contributed by atoms with E-state index in [-0.39, 0.29) is 19.1 Å². The molecule has 5 nitrogen and oxygen atoms in total. The number of anilines is 1. The molecule has 0 fully saturated rings. The van der Waals surface area contributed by atoms with Gasteiger partial charge in [0.05, 0.1) is 16.6 Å². The molecule has 0 atom stereocenters. The van der Waals surface area contributed by atoms with Gasteiger partial charge in [0.15, 0.2) is 16.6 Å². The number of hydrogen-bond acceptors (Lipinski definition) is 5. The van der Waals surface area contributed by atoms with Gasteiger partial charge in [-0.3, -0.25) is 4.79 Å². The molecule has 0 saturated carbocycles. The number of benzene rings is 2. The van der Waals surface area contributed by atoms with Crippen LogP contribution >= 0.6 is 22.9 Å². The molecule has 0 radical (unpaired) electrons. The van der Waals surface area contributed by atoms with Gasteiger partial charge in [-0.25, -0.2) is 4.98 Å². The smallest absolute Gasteiger partial charge is 0.231 e. The highest BCUT2D eigenvalue weighted by Gasteiger charge is 2.15. The average Bonchev–Trinajstić information content (AvgIpc) is 3.12. The highest BCUT2D eigenvalue weighted by molar-refractivity contribution is 7.22. The number of rotatable bonds is 3. The van der Waals surface area contributed by atoms with Crippen LogP contribution in [0.25, 0.3) is 10.2 Å². The zero-order valence-corrected chi connectivity index (χ0v) is 14.3. The highest BCUT2D eigenvalue weighted by atomic mass is 35.5. The lowest BCUT2D eigenvalue weighted by molar-refractivity contribution is -0.115. The lowest BCUT2D eigenvalue weighted by atomic mass is 10.1. The summed E-state index contributed by atoms with van der Waals surface area (Å²) >= 11 is 7.47. The van der Waals surface area contributed by atoms with E-state index in [9.17, 15) is 4.79 Å². The maximum absolute atomic E-state index is 12.3. The Morgan fingerprint density at radius 3 is 3.00 bits per heavy atom. The van der Waals surface area contributed by atoms with Gasteiger partial charge < -0.3 is 14.8 Å². The lowest BCUT2D eigenvalue weighted by Crippen LogP contribution is -2.14. The van der Waals surface area contributed by atoms with Crippen LogP contribution < -0.4 is 14.8 Å². The molecule has 3 aromatic rings. The van der Waals surface area contributed by atoms with Crippen molar-refractivity contribution >= 4 is 44.2 Å². The van der Waals surface area contributed by atoms with E-state index in [1.54, 1.807) is 0 Å². The SMILES string of the molecule is Cc1cc(Cl)cc2sc(NC(=O)Cc3ccc4c(c3)OCO4)nc12. The predicted octanol–water partition coefficient (Wildman–Crippen LogP) is 4.17. The van der Waals surface area contributed by atoms with Gasteiger partial charge >= 0.3 is 0 Å². The molecule has 1 N–H and O–H groups in total. The summed E-state index contributed by atoms with van der Waals surface area (Å²) in [6.45, 7) is 2.17. The van der Waals surface area contributed by atoms with E-state index < -0.39 is 0 Å². The standard InChI is InChI=1S/C17H13ClN2O3S/c1-9-4-11(18)7-14-16(9)20-17(24-14)19-15(21)6-10-2-3-12-13(5-10)23-8-22-12/h2-5,7H,6,8H2,1H3,(H,19,20,21). The number of halogens is 1. The van der Waals surface area contributed by atoms with Crippen molar-refractivity contribution in [3.63, 3.8) is 0 Å². The molecule has 7 heteroatoms. The van der Waals surface area contributed by atoms with Gasteiger partial charge in [0, 0.05) is 5.02 Å². The average molecular weight is 361 g/mol. The minimum absolute atomic E-state index is 0.128. The van der Waals surface area contributed by atoms with Crippen molar-refractivity contribution in [2.75, 3.05) is 12.1 Å². The largest absolute Gasteiger partial charge is 0.454 e. The van der Waals surface area contributed by atoms with Crippen molar-refractivity contribution in [1.29, 1.82) is 0 Å². The molecule has 0 bridgehead atoms. The second kappa shape index (κ2) is 5.96. The number of aromatic nitrogens is 1. The number of fused-ring (bicyclic) bond motifs is 2. The van der Waals surface area contributed by atoms with E-state index >= 15 is 0 Å². The molecular formula is C17H13ClN2O3S. The molecule has 122 valence electrons. The predicted molar refractivity (Wildman–Crippen MR) is 94.3 cm³/mol. The van der Waals surface area contributed by atoms with E-state index in [0.717, 1.165) is 21.3 Å². The molecule has 1 aliphatic rings. The Kier molecular flexibility index (Phi) is 3.78. The van der Waals surface area contributed by atoms with Crippen LogP contribution in [-0.2, 0) is 11.2 Å². The minimum Gasteiger partial charge on any atom is -0.454 e. The van der Waals surface area contributed by atoms with E-state index in [1.165, 1.54) is 11.3 Å². The van der Waals surface area contributed by atoms with Gasteiger partial charge in [-0.05, 0) is 42.3 Å². The minimum atomic E-state index is -0.128. The van der Waals surface area contributed by atoms with Crippen molar-refractivity contribution in [2.45, 2.75) is 13.3 Å². The highest BCUT2D eigenvalue weighted by Crippen LogP contribution is 2.33. The summed E-state index contributed by atoms with van der Waals surface area (Å²) in [4.78, 5) is 16.7. The second-order valence-electron chi connectivity index (χ2n) is 5.50. The molecule has 24 heavy (non-hydrogen) atoms. The lowest BCUT2D eigenvalue weighted by Gasteiger charge is -2.03. The summed E-state index contributed by atoms with van der Waals surface area (Å²) < 4.78 is 11.6. The number of amides is 1. The Bertz CT molecular complexity index is 954. The van der Waals surface area contributed by atoms with Gasteiger partial charge in [-0.1, -0.05) is 29.0 Å². The summed E-state index contributed by atoms with van der Waals surface area (Å²) in [6.07, 6.45) is 0.242. The number of carbonyl (C=O) groups excluding carboxylic acids is 1. The van der Waals surface area contributed by atoms with Crippen LogP contribution in [-0.4, -0.2) is 17.7 Å². The fourth-order valence-corrected chi connectivity index (χ4v) is 3.94. The maximum Gasteiger partial charge on any atom is 0.231 e. The molecule has 2 aromatic carbocycles. The third kappa shape index (κ3) is 2.90. The van der Waals surface area contributed by atoms with Crippen molar-refractivity contribution < 1.29 is 14.3 Å². The van der Waals surface area contributed by atoms with Crippen LogP contribution in [0.2, 0.25) is 5.02 Å². The van der Waals surface area contributed by atoms with E-state index in [1.807, 2.05) is 37.3 Å². The number of carbonyl (C=O) groups is 1. The first-order valence-corrected chi connectivity index (χ1v) is 8.53. The van der Waals surface area contributed by atoms with E-state index in [2.05, 4.69) is 10.3 Å². The topological polar surface area (TPSA) is 60.5 Å². The van der Waals surface area contributed by atoms with Crippen molar-refractivity contribution in [2.24, 2.45) is 0 Å². The van der Waals surface area contributed by atoms with Gasteiger partial charge in [-0.2, -0.15) is 0 Å². The maximum atomic E-state index is 12.3.